The third-order valence-electron chi connectivity index (χ3n) is 5.21. The van der Waals surface area contributed by atoms with E-state index in [-0.39, 0.29) is 11.1 Å². The molecule has 4 aromatic carbocycles. The van der Waals surface area contributed by atoms with Gasteiger partial charge in [0.1, 0.15) is 17.7 Å². The molecule has 150 valence electrons. The lowest BCUT2D eigenvalue weighted by atomic mass is 9.98. The predicted molar refractivity (Wildman–Crippen MR) is 120 cm³/mol. The summed E-state index contributed by atoms with van der Waals surface area (Å²) in [5.41, 5.74) is 4.02. The Kier molecular flexibility index (Phi) is 5.78. The molecule has 3 heteroatoms. The van der Waals surface area contributed by atoms with Gasteiger partial charge >= 0.3 is 0 Å². The first kappa shape index (κ1) is 20.3. The summed E-state index contributed by atoms with van der Waals surface area (Å²) in [7, 11) is 0. The Hall–Kier alpha value is -3.95. The van der Waals surface area contributed by atoms with E-state index in [4.69, 9.17) is 5.26 Å². The van der Waals surface area contributed by atoms with Gasteiger partial charge in [-0.05, 0) is 58.8 Å². The zero-order valence-electron chi connectivity index (χ0n) is 17.0. The van der Waals surface area contributed by atoms with E-state index in [1.165, 1.54) is 17.7 Å². The van der Waals surface area contributed by atoms with Gasteiger partial charge in [-0.25, -0.2) is 8.78 Å². The van der Waals surface area contributed by atoms with Gasteiger partial charge < -0.3 is 0 Å². The first-order valence-electron chi connectivity index (χ1n) is 10.1. The van der Waals surface area contributed by atoms with Crippen LogP contribution in [0.15, 0.2) is 72.8 Å². The largest absolute Gasteiger partial charge is 0.206 e. The zero-order valence-corrected chi connectivity index (χ0v) is 17.0. The molecule has 0 fully saturated rings. The van der Waals surface area contributed by atoms with E-state index in [1.54, 1.807) is 24.3 Å². The molecule has 0 N–H and O–H groups in total. The summed E-state index contributed by atoms with van der Waals surface area (Å²) in [6.07, 6.45) is 2.17. The molecule has 31 heavy (non-hydrogen) atoms. The Bertz CT molecular complexity index is 1370. The SMILES string of the molecule is CCCc1ccc(-c2ccc3c(F)c(C#Cc4ccc(C#N)c(F)c4)ccc3c2)cc1. The first-order valence-corrected chi connectivity index (χ1v) is 10.1. The summed E-state index contributed by atoms with van der Waals surface area (Å²) in [5.74, 6) is 4.51. The lowest BCUT2D eigenvalue weighted by Crippen LogP contribution is -1.89. The molecule has 0 atom stereocenters. The molecule has 0 bridgehead atoms. The fraction of sp³-hybridized carbons (Fsp3) is 0.107. The van der Waals surface area contributed by atoms with Crippen LogP contribution in [0, 0.1) is 34.8 Å². The Morgan fingerprint density at radius 1 is 0.774 bits per heavy atom. The molecule has 0 radical (unpaired) electrons. The number of fused-ring (bicyclic) bond motifs is 1. The smallest absolute Gasteiger partial charge is 0.146 e. The van der Waals surface area contributed by atoms with Gasteiger partial charge in [-0.2, -0.15) is 5.26 Å². The lowest BCUT2D eigenvalue weighted by molar-refractivity contribution is 0.623. The van der Waals surface area contributed by atoms with Crippen molar-refractivity contribution in [3.8, 4) is 29.0 Å². The number of nitriles is 1. The fourth-order valence-electron chi connectivity index (χ4n) is 3.54. The summed E-state index contributed by atoms with van der Waals surface area (Å²) < 4.78 is 28.8. The third kappa shape index (κ3) is 4.32. The summed E-state index contributed by atoms with van der Waals surface area (Å²) in [4.78, 5) is 0. The normalized spacial score (nSPS) is 10.4. The number of halogens is 2. The average molecular weight is 407 g/mol. The summed E-state index contributed by atoms with van der Waals surface area (Å²) >= 11 is 0. The van der Waals surface area contributed by atoms with Crippen LogP contribution in [0.2, 0.25) is 0 Å². The van der Waals surface area contributed by atoms with Crippen LogP contribution in [0.4, 0.5) is 8.78 Å². The molecule has 0 heterocycles. The van der Waals surface area contributed by atoms with Gasteiger partial charge in [0.2, 0.25) is 0 Å². The van der Waals surface area contributed by atoms with Crippen molar-refractivity contribution in [2.24, 2.45) is 0 Å². The molecule has 0 amide bonds. The van der Waals surface area contributed by atoms with Crippen LogP contribution in [0.5, 0.6) is 0 Å². The standard InChI is InChI=1S/C28H19F2N/c1-2-3-19-4-8-21(9-5-19)23-14-15-26-24(17-23)13-12-22(28(26)30)10-6-20-7-11-25(18-31)27(29)16-20/h4-5,7-9,11-17H,2-3H2,1H3. The molecule has 0 aromatic heterocycles. The highest BCUT2D eigenvalue weighted by atomic mass is 19.1. The molecule has 1 nitrogen and oxygen atoms in total. The van der Waals surface area contributed by atoms with E-state index in [0.717, 1.165) is 29.4 Å². The Balaban J connectivity index is 1.65. The maximum Gasteiger partial charge on any atom is 0.146 e. The molecule has 0 spiro atoms. The second-order valence-electron chi connectivity index (χ2n) is 7.37. The minimum absolute atomic E-state index is 0.0433. The predicted octanol–water partition coefficient (Wildman–Crippen LogP) is 7.01. The van der Waals surface area contributed by atoms with Crippen molar-refractivity contribution in [1.29, 1.82) is 5.26 Å². The number of aryl methyl sites for hydroxylation is 1. The van der Waals surface area contributed by atoms with Crippen molar-refractivity contribution in [2.45, 2.75) is 19.8 Å². The van der Waals surface area contributed by atoms with E-state index >= 15 is 4.39 Å². The van der Waals surface area contributed by atoms with Crippen LogP contribution < -0.4 is 0 Å². The molecule has 0 aliphatic rings. The Morgan fingerprint density at radius 3 is 2.23 bits per heavy atom. The minimum atomic E-state index is -0.636. The highest BCUT2D eigenvalue weighted by molar-refractivity contribution is 5.89. The van der Waals surface area contributed by atoms with Crippen molar-refractivity contribution in [3.05, 3.63) is 107 Å². The monoisotopic (exact) mass is 407 g/mol. The van der Waals surface area contributed by atoms with Crippen LogP contribution >= 0.6 is 0 Å². The molecular weight excluding hydrogens is 388 g/mol. The molecule has 4 aromatic rings. The molecule has 0 aliphatic carbocycles. The van der Waals surface area contributed by atoms with Crippen molar-refractivity contribution in [3.63, 3.8) is 0 Å². The molecule has 0 unspecified atom stereocenters. The van der Waals surface area contributed by atoms with Crippen LogP contribution in [-0.2, 0) is 6.42 Å². The quantitative estimate of drug-likeness (QED) is 0.335. The third-order valence-corrected chi connectivity index (χ3v) is 5.21. The summed E-state index contributed by atoms with van der Waals surface area (Å²) in [5, 5.41) is 10.1. The number of benzene rings is 4. The van der Waals surface area contributed by atoms with Gasteiger partial charge in [0.05, 0.1) is 11.1 Å². The van der Waals surface area contributed by atoms with Crippen molar-refractivity contribution < 1.29 is 8.78 Å². The summed E-state index contributed by atoms with van der Waals surface area (Å²) in [6.45, 7) is 2.16. The second kappa shape index (κ2) is 8.82. The molecule has 4 rings (SSSR count). The molecular formula is C28H19F2N. The lowest BCUT2D eigenvalue weighted by Gasteiger charge is -2.07. The Morgan fingerprint density at radius 2 is 1.52 bits per heavy atom. The molecule has 0 saturated carbocycles. The molecule has 0 aliphatic heterocycles. The highest BCUT2D eigenvalue weighted by Crippen LogP contribution is 2.28. The van der Waals surface area contributed by atoms with Crippen LogP contribution in [0.25, 0.3) is 21.9 Å². The van der Waals surface area contributed by atoms with Crippen molar-refractivity contribution in [1.82, 2.24) is 0 Å². The number of hydrogen-bond donors (Lipinski definition) is 0. The topological polar surface area (TPSA) is 23.8 Å². The maximum absolute atomic E-state index is 15.0. The van der Waals surface area contributed by atoms with Crippen molar-refractivity contribution in [2.75, 3.05) is 0 Å². The second-order valence-corrected chi connectivity index (χ2v) is 7.37. The highest BCUT2D eigenvalue weighted by Gasteiger charge is 2.08. The number of rotatable bonds is 3. The molecule has 0 saturated heterocycles. The van der Waals surface area contributed by atoms with Crippen molar-refractivity contribution >= 4 is 10.8 Å². The van der Waals surface area contributed by atoms with Crippen LogP contribution in [0.3, 0.4) is 0 Å². The zero-order chi connectivity index (χ0) is 21.8. The van der Waals surface area contributed by atoms with Gasteiger partial charge in [-0.3, -0.25) is 0 Å². The maximum atomic E-state index is 15.0. The van der Waals surface area contributed by atoms with E-state index < -0.39 is 11.6 Å². The van der Waals surface area contributed by atoms with E-state index in [2.05, 4.69) is 43.0 Å². The van der Waals surface area contributed by atoms with E-state index in [1.807, 2.05) is 18.2 Å². The van der Waals surface area contributed by atoms with E-state index in [9.17, 15) is 4.39 Å². The summed E-state index contributed by atoms with van der Waals surface area (Å²) in [6, 6.07) is 23.5. The van der Waals surface area contributed by atoms with E-state index in [0.29, 0.717) is 10.9 Å². The average Bonchev–Trinajstić information content (AvgIpc) is 2.79. The number of hydrogen-bond acceptors (Lipinski definition) is 1. The first-order chi connectivity index (χ1) is 15.1. The van der Waals surface area contributed by atoms with Gasteiger partial charge in [0.15, 0.2) is 0 Å². The Labute approximate surface area is 180 Å². The van der Waals surface area contributed by atoms with Gasteiger partial charge in [-0.15, -0.1) is 0 Å². The number of nitrogens with zero attached hydrogens (tertiary/aromatic N) is 1. The van der Waals surface area contributed by atoms with Gasteiger partial charge in [0, 0.05) is 10.9 Å². The fourth-order valence-corrected chi connectivity index (χ4v) is 3.54. The van der Waals surface area contributed by atoms with Crippen LogP contribution in [0.1, 0.15) is 35.6 Å². The van der Waals surface area contributed by atoms with Gasteiger partial charge in [0.25, 0.3) is 0 Å². The van der Waals surface area contributed by atoms with Crippen LogP contribution in [-0.4, -0.2) is 0 Å². The van der Waals surface area contributed by atoms with Gasteiger partial charge in [-0.1, -0.05) is 67.6 Å². The minimum Gasteiger partial charge on any atom is -0.206 e.